The van der Waals surface area contributed by atoms with E-state index in [2.05, 4.69) is 5.32 Å². The number of piperidine rings is 1. The Balaban J connectivity index is 2.12. The number of nitrogens with zero attached hydrogens (tertiary/aromatic N) is 1. The molecular weight excluding hydrogens is 300 g/mol. The van der Waals surface area contributed by atoms with E-state index in [1.807, 2.05) is 20.9 Å². The summed E-state index contributed by atoms with van der Waals surface area (Å²) in [5.74, 6) is 1.08. The molecule has 124 valence electrons. The highest BCUT2D eigenvalue weighted by Gasteiger charge is 2.29. The van der Waals surface area contributed by atoms with Crippen molar-refractivity contribution >= 4 is 10.0 Å². The maximum absolute atomic E-state index is 12.7. The van der Waals surface area contributed by atoms with Crippen LogP contribution in [0.5, 0.6) is 5.75 Å². The summed E-state index contributed by atoms with van der Waals surface area (Å²) in [7, 11) is -1.50. The molecule has 1 aliphatic rings. The second kappa shape index (κ2) is 7.44. The van der Waals surface area contributed by atoms with Gasteiger partial charge in [0.25, 0.3) is 0 Å². The second-order valence-corrected chi connectivity index (χ2v) is 8.00. The van der Waals surface area contributed by atoms with Crippen molar-refractivity contribution in [3.63, 3.8) is 0 Å². The van der Waals surface area contributed by atoms with Gasteiger partial charge in [-0.05, 0) is 70.5 Å². The van der Waals surface area contributed by atoms with E-state index in [1.165, 1.54) is 0 Å². The third-order valence-electron chi connectivity index (χ3n) is 3.81. The summed E-state index contributed by atoms with van der Waals surface area (Å²) >= 11 is 0. The van der Waals surface area contributed by atoms with Gasteiger partial charge in [0, 0.05) is 13.1 Å². The van der Waals surface area contributed by atoms with Gasteiger partial charge < -0.3 is 10.1 Å². The molecule has 0 radical (unpaired) electrons. The van der Waals surface area contributed by atoms with Gasteiger partial charge in [-0.3, -0.25) is 0 Å². The minimum absolute atomic E-state index is 0.0758. The highest BCUT2D eigenvalue weighted by atomic mass is 32.2. The van der Waals surface area contributed by atoms with E-state index in [-0.39, 0.29) is 6.10 Å². The Bertz CT molecular complexity index is 568. The Hall–Kier alpha value is -1.11. The van der Waals surface area contributed by atoms with E-state index in [9.17, 15) is 8.42 Å². The standard InChI is InChI=1S/C16H26N2O3S/c1-13(2)21-15-6-8-16(9-7-15)22(19,20)18-10-4-5-14(12-18)11-17-3/h6-9,13-14,17H,4-5,10-12H2,1-3H3. The van der Waals surface area contributed by atoms with Crippen molar-refractivity contribution < 1.29 is 13.2 Å². The molecule has 22 heavy (non-hydrogen) atoms. The molecule has 6 heteroatoms. The van der Waals surface area contributed by atoms with Crippen LogP contribution in [0.25, 0.3) is 0 Å². The van der Waals surface area contributed by atoms with Gasteiger partial charge in [0.15, 0.2) is 0 Å². The van der Waals surface area contributed by atoms with Crippen LogP contribution >= 0.6 is 0 Å². The van der Waals surface area contributed by atoms with Gasteiger partial charge in [0.2, 0.25) is 10.0 Å². The summed E-state index contributed by atoms with van der Waals surface area (Å²) in [4.78, 5) is 0.341. The highest BCUT2D eigenvalue weighted by Crippen LogP contribution is 2.25. The normalized spacial score (nSPS) is 20.3. The third-order valence-corrected chi connectivity index (χ3v) is 5.69. The molecule has 0 amide bonds. The lowest BCUT2D eigenvalue weighted by Crippen LogP contribution is -2.42. The van der Waals surface area contributed by atoms with Gasteiger partial charge in [0.1, 0.15) is 5.75 Å². The molecule has 5 nitrogen and oxygen atoms in total. The van der Waals surface area contributed by atoms with Crippen LogP contribution in [0.2, 0.25) is 0 Å². The molecule has 1 aliphatic heterocycles. The molecule has 1 aromatic carbocycles. The molecule has 2 rings (SSSR count). The maximum Gasteiger partial charge on any atom is 0.243 e. The average Bonchev–Trinajstić information content (AvgIpc) is 2.48. The van der Waals surface area contributed by atoms with Crippen LogP contribution in [0.15, 0.2) is 29.2 Å². The number of benzene rings is 1. The monoisotopic (exact) mass is 326 g/mol. The van der Waals surface area contributed by atoms with Crippen LogP contribution in [0.3, 0.4) is 0 Å². The first-order chi connectivity index (χ1) is 10.4. The molecule has 1 fully saturated rings. The van der Waals surface area contributed by atoms with Gasteiger partial charge in [-0.25, -0.2) is 8.42 Å². The van der Waals surface area contributed by atoms with Gasteiger partial charge in [-0.1, -0.05) is 0 Å². The molecule has 0 spiro atoms. The molecule has 0 aromatic heterocycles. The molecular formula is C16H26N2O3S. The van der Waals surface area contributed by atoms with Crippen LogP contribution in [-0.4, -0.2) is 45.5 Å². The van der Waals surface area contributed by atoms with E-state index in [4.69, 9.17) is 4.74 Å². The lowest BCUT2D eigenvalue weighted by molar-refractivity contribution is 0.242. The molecule has 0 aliphatic carbocycles. The Morgan fingerprint density at radius 2 is 2.00 bits per heavy atom. The van der Waals surface area contributed by atoms with Crippen molar-refractivity contribution in [2.75, 3.05) is 26.7 Å². The van der Waals surface area contributed by atoms with Crippen molar-refractivity contribution in [2.24, 2.45) is 5.92 Å². The number of hydrogen-bond acceptors (Lipinski definition) is 4. The fourth-order valence-electron chi connectivity index (χ4n) is 2.81. The first kappa shape index (κ1) is 17.2. The Kier molecular flexibility index (Phi) is 5.83. The summed E-state index contributed by atoms with van der Waals surface area (Å²) in [6, 6.07) is 6.72. The van der Waals surface area contributed by atoms with Crippen LogP contribution in [-0.2, 0) is 10.0 Å². The highest BCUT2D eigenvalue weighted by molar-refractivity contribution is 7.89. The first-order valence-corrected chi connectivity index (χ1v) is 9.29. The quantitative estimate of drug-likeness (QED) is 0.870. The molecule has 1 aromatic rings. The van der Waals surface area contributed by atoms with Gasteiger partial charge in [-0.15, -0.1) is 0 Å². The van der Waals surface area contributed by atoms with Gasteiger partial charge in [-0.2, -0.15) is 4.31 Å². The Morgan fingerprint density at radius 3 is 2.59 bits per heavy atom. The van der Waals surface area contributed by atoms with Crippen molar-refractivity contribution in [1.29, 1.82) is 0 Å². The molecule has 1 atom stereocenters. The maximum atomic E-state index is 12.7. The minimum Gasteiger partial charge on any atom is -0.491 e. The SMILES string of the molecule is CNCC1CCCN(S(=O)(=O)c2ccc(OC(C)C)cc2)C1. The number of sulfonamides is 1. The first-order valence-electron chi connectivity index (χ1n) is 7.85. The van der Waals surface area contributed by atoms with Crippen LogP contribution < -0.4 is 10.1 Å². The van der Waals surface area contributed by atoms with Crippen molar-refractivity contribution in [2.45, 2.75) is 37.7 Å². The van der Waals surface area contributed by atoms with E-state index in [1.54, 1.807) is 28.6 Å². The van der Waals surface area contributed by atoms with E-state index in [0.29, 0.717) is 29.7 Å². The van der Waals surface area contributed by atoms with Crippen LogP contribution in [0, 0.1) is 5.92 Å². The number of hydrogen-bond donors (Lipinski definition) is 1. The van der Waals surface area contributed by atoms with E-state index in [0.717, 1.165) is 19.4 Å². The fraction of sp³-hybridized carbons (Fsp3) is 0.625. The Labute approximate surface area is 133 Å². The van der Waals surface area contributed by atoms with E-state index < -0.39 is 10.0 Å². The smallest absolute Gasteiger partial charge is 0.243 e. The van der Waals surface area contributed by atoms with Crippen molar-refractivity contribution in [1.82, 2.24) is 9.62 Å². The summed E-state index contributed by atoms with van der Waals surface area (Å²) in [6.07, 6.45) is 2.07. The summed E-state index contributed by atoms with van der Waals surface area (Å²) in [5, 5.41) is 3.14. The predicted octanol–water partition coefficient (Wildman–Crippen LogP) is 2.09. The van der Waals surface area contributed by atoms with Crippen LogP contribution in [0.1, 0.15) is 26.7 Å². The Morgan fingerprint density at radius 1 is 1.32 bits per heavy atom. The zero-order chi connectivity index (χ0) is 16.2. The zero-order valence-electron chi connectivity index (χ0n) is 13.6. The second-order valence-electron chi connectivity index (χ2n) is 6.07. The number of rotatable bonds is 6. The number of nitrogens with one attached hydrogen (secondary N) is 1. The number of ether oxygens (including phenoxy) is 1. The molecule has 1 heterocycles. The molecule has 0 saturated carbocycles. The molecule has 0 bridgehead atoms. The summed E-state index contributed by atoms with van der Waals surface area (Å²) < 4.78 is 32.6. The largest absolute Gasteiger partial charge is 0.491 e. The van der Waals surface area contributed by atoms with Gasteiger partial charge >= 0.3 is 0 Å². The average molecular weight is 326 g/mol. The van der Waals surface area contributed by atoms with Crippen molar-refractivity contribution in [3.8, 4) is 5.75 Å². The van der Waals surface area contributed by atoms with E-state index >= 15 is 0 Å². The lowest BCUT2D eigenvalue weighted by Gasteiger charge is -2.31. The topological polar surface area (TPSA) is 58.6 Å². The molecule has 1 saturated heterocycles. The summed E-state index contributed by atoms with van der Waals surface area (Å²) in [6.45, 7) is 5.94. The van der Waals surface area contributed by atoms with Crippen LogP contribution in [0.4, 0.5) is 0 Å². The predicted molar refractivity (Wildman–Crippen MR) is 87.6 cm³/mol. The molecule has 1 unspecified atom stereocenters. The van der Waals surface area contributed by atoms with Crippen molar-refractivity contribution in [3.05, 3.63) is 24.3 Å². The zero-order valence-corrected chi connectivity index (χ0v) is 14.4. The fourth-order valence-corrected chi connectivity index (χ4v) is 4.37. The lowest BCUT2D eigenvalue weighted by atomic mass is 10.00. The minimum atomic E-state index is -3.41. The van der Waals surface area contributed by atoms with Gasteiger partial charge in [0.05, 0.1) is 11.0 Å². The molecule has 1 N–H and O–H groups in total. The third kappa shape index (κ3) is 4.21. The summed E-state index contributed by atoms with van der Waals surface area (Å²) in [5.41, 5.74) is 0.